The van der Waals surface area contributed by atoms with Gasteiger partial charge in [-0.25, -0.2) is 12.8 Å². The molecule has 0 aliphatic heterocycles. The lowest BCUT2D eigenvalue weighted by atomic mass is 10.1. The zero-order valence-electron chi connectivity index (χ0n) is 18.5. The van der Waals surface area contributed by atoms with E-state index in [1.165, 1.54) is 45.7 Å². The van der Waals surface area contributed by atoms with Gasteiger partial charge in [0.1, 0.15) is 11.1 Å². The molecular weight excluding hydrogens is 447 g/mol. The van der Waals surface area contributed by atoms with E-state index < -0.39 is 20.9 Å². The van der Waals surface area contributed by atoms with Crippen LogP contribution in [-0.2, 0) is 21.1 Å². The molecule has 0 fully saturated rings. The minimum absolute atomic E-state index is 0.0236. The van der Waals surface area contributed by atoms with E-state index in [0.29, 0.717) is 22.6 Å². The van der Waals surface area contributed by atoms with Gasteiger partial charge in [0.15, 0.2) is 21.3 Å². The zero-order valence-corrected chi connectivity index (χ0v) is 19.4. The van der Waals surface area contributed by atoms with Crippen LogP contribution in [0.25, 0.3) is 0 Å². The van der Waals surface area contributed by atoms with E-state index in [4.69, 9.17) is 9.47 Å². The predicted molar refractivity (Wildman–Crippen MR) is 122 cm³/mol. The lowest BCUT2D eigenvalue weighted by Gasteiger charge is -2.19. The highest BCUT2D eigenvalue weighted by Crippen LogP contribution is 2.30. The Hall–Kier alpha value is -3.46. The fraction of sp³-hybridized carbons (Fsp3) is 0.250. The highest BCUT2D eigenvalue weighted by Gasteiger charge is 2.30. The second kappa shape index (κ2) is 10.4. The van der Waals surface area contributed by atoms with Gasteiger partial charge in [0.05, 0.1) is 25.5 Å². The Bertz CT molecular complexity index is 1230. The highest BCUT2D eigenvalue weighted by atomic mass is 32.2. The van der Waals surface area contributed by atoms with Crippen LogP contribution < -0.4 is 14.8 Å². The van der Waals surface area contributed by atoms with Gasteiger partial charge in [-0.2, -0.15) is 0 Å². The molecule has 33 heavy (non-hydrogen) atoms. The standard InChI is InChI=1S/C24H25FN2O5S/c1-16-11-19(7-8-20(16)25)33(29,30)23(18-5-4-10-26-14-18)15-27-24(28)13-17-6-9-21(31-2)22(12-17)32-3/h4-12,14,23H,13,15H2,1-3H3,(H,27,28). The average Bonchev–Trinajstić information content (AvgIpc) is 2.81. The number of rotatable bonds is 9. The van der Waals surface area contributed by atoms with Gasteiger partial charge < -0.3 is 14.8 Å². The number of ether oxygens (including phenoxy) is 2. The van der Waals surface area contributed by atoms with Gasteiger partial charge in [0, 0.05) is 18.9 Å². The molecule has 0 aliphatic carbocycles. The van der Waals surface area contributed by atoms with E-state index in [1.54, 1.807) is 30.3 Å². The molecule has 0 aliphatic rings. The van der Waals surface area contributed by atoms with Gasteiger partial charge in [0.25, 0.3) is 0 Å². The molecule has 7 nitrogen and oxygen atoms in total. The number of halogens is 1. The summed E-state index contributed by atoms with van der Waals surface area (Å²) in [6.07, 6.45) is 3.00. The van der Waals surface area contributed by atoms with Crippen LogP contribution >= 0.6 is 0 Å². The summed E-state index contributed by atoms with van der Waals surface area (Å²) in [4.78, 5) is 16.6. The number of amides is 1. The summed E-state index contributed by atoms with van der Waals surface area (Å²) in [6.45, 7) is 1.33. The Balaban J connectivity index is 1.82. The number of nitrogens with one attached hydrogen (secondary N) is 1. The number of benzene rings is 2. The SMILES string of the molecule is COc1ccc(CC(=O)NCC(c2cccnc2)S(=O)(=O)c2ccc(F)c(C)c2)cc1OC. The lowest BCUT2D eigenvalue weighted by molar-refractivity contribution is -0.120. The molecule has 0 radical (unpaired) electrons. The number of pyridine rings is 1. The van der Waals surface area contributed by atoms with Crippen LogP contribution in [0.2, 0.25) is 0 Å². The van der Waals surface area contributed by atoms with Gasteiger partial charge in [0.2, 0.25) is 5.91 Å². The van der Waals surface area contributed by atoms with Crippen LogP contribution in [-0.4, -0.2) is 40.1 Å². The lowest BCUT2D eigenvalue weighted by Crippen LogP contribution is -2.33. The monoisotopic (exact) mass is 472 g/mol. The third-order valence-corrected chi connectivity index (χ3v) is 7.28. The maximum atomic E-state index is 13.7. The van der Waals surface area contributed by atoms with Crippen LogP contribution in [0.1, 0.15) is 21.9 Å². The van der Waals surface area contributed by atoms with Crippen molar-refractivity contribution in [2.45, 2.75) is 23.5 Å². The Kier molecular flexibility index (Phi) is 7.65. The van der Waals surface area contributed by atoms with Crippen molar-refractivity contribution in [1.82, 2.24) is 10.3 Å². The summed E-state index contributed by atoms with van der Waals surface area (Å²) in [5.74, 6) is 0.181. The molecule has 3 aromatic rings. The van der Waals surface area contributed by atoms with Gasteiger partial charge in [-0.1, -0.05) is 12.1 Å². The Morgan fingerprint density at radius 1 is 1.09 bits per heavy atom. The summed E-state index contributed by atoms with van der Waals surface area (Å²) in [5.41, 5.74) is 1.32. The van der Waals surface area contributed by atoms with Gasteiger partial charge in [-0.15, -0.1) is 0 Å². The van der Waals surface area contributed by atoms with Crippen LogP contribution in [0, 0.1) is 12.7 Å². The van der Waals surface area contributed by atoms with E-state index >= 15 is 0 Å². The minimum atomic E-state index is -3.94. The second-order valence-electron chi connectivity index (χ2n) is 7.40. The molecule has 1 unspecified atom stereocenters. The molecule has 0 saturated carbocycles. The molecule has 1 atom stereocenters. The van der Waals surface area contributed by atoms with Crippen molar-refractivity contribution in [3.63, 3.8) is 0 Å². The first kappa shape index (κ1) is 24.2. The summed E-state index contributed by atoms with van der Waals surface area (Å²) in [6, 6.07) is 12.0. The molecule has 0 spiro atoms. The fourth-order valence-corrected chi connectivity index (χ4v) is 5.10. The third-order valence-electron chi connectivity index (χ3n) is 5.19. The number of carbonyl (C=O) groups is 1. The molecule has 0 bridgehead atoms. The molecule has 9 heteroatoms. The molecular formula is C24H25FN2O5S. The zero-order chi connectivity index (χ0) is 24.0. The molecule has 1 heterocycles. The molecule has 174 valence electrons. The number of aromatic nitrogens is 1. The number of hydrogen-bond donors (Lipinski definition) is 1. The van der Waals surface area contributed by atoms with Crippen molar-refractivity contribution >= 4 is 15.7 Å². The maximum absolute atomic E-state index is 13.7. The van der Waals surface area contributed by atoms with E-state index in [9.17, 15) is 17.6 Å². The number of nitrogens with zero attached hydrogens (tertiary/aromatic N) is 1. The van der Waals surface area contributed by atoms with Crippen LogP contribution in [0.5, 0.6) is 11.5 Å². The van der Waals surface area contributed by atoms with E-state index in [0.717, 1.165) is 6.07 Å². The number of carbonyl (C=O) groups excluding carboxylic acids is 1. The summed E-state index contributed by atoms with van der Waals surface area (Å²) < 4.78 is 50.9. The normalized spacial score (nSPS) is 12.1. The van der Waals surface area contributed by atoms with Crippen molar-refractivity contribution < 1.29 is 27.1 Å². The molecule has 1 amide bonds. The topological polar surface area (TPSA) is 94.6 Å². The van der Waals surface area contributed by atoms with Crippen molar-refractivity contribution in [3.05, 3.63) is 83.4 Å². The number of aryl methyl sites for hydroxylation is 1. The Labute approximate surface area is 192 Å². The van der Waals surface area contributed by atoms with Crippen molar-refractivity contribution in [3.8, 4) is 11.5 Å². The maximum Gasteiger partial charge on any atom is 0.224 e. The number of sulfone groups is 1. The molecule has 1 aromatic heterocycles. The van der Waals surface area contributed by atoms with Crippen molar-refractivity contribution in [2.75, 3.05) is 20.8 Å². The number of hydrogen-bond acceptors (Lipinski definition) is 6. The van der Waals surface area contributed by atoms with Crippen LogP contribution in [0.3, 0.4) is 0 Å². The average molecular weight is 473 g/mol. The number of methoxy groups -OCH3 is 2. The van der Waals surface area contributed by atoms with Gasteiger partial charge in [-0.05, 0) is 60.0 Å². The molecule has 0 saturated heterocycles. The third kappa shape index (κ3) is 5.67. The highest BCUT2D eigenvalue weighted by molar-refractivity contribution is 7.91. The Morgan fingerprint density at radius 2 is 1.85 bits per heavy atom. The van der Waals surface area contributed by atoms with Crippen LogP contribution in [0.4, 0.5) is 4.39 Å². The first-order chi connectivity index (χ1) is 15.8. The smallest absolute Gasteiger partial charge is 0.224 e. The molecule has 1 N–H and O–H groups in total. The largest absolute Gasteiger partial charge is 0.493 e. The molecule has 2 aromatic carbocycles. The fourth-order valence-electron chi connectivity index (χ4n) is 3.38. The van der Waals surface area contributed by atoms with Gasteiger partial charge >= 0.3 is 0 Å². The van der Waals surface area contributed by atoms with Crippen molar-refractivity contribution in [1.29, 1.82) is 0 Å². The van der Waals surface area contributed by atoms with Crippen molar-refractivity contribution in [2.24, 2.45) is 0 Å². The summed E-state index contributed by atoms with van der Waals surface area (Å²) in [7, 11) is -0.918. The van der Waals surface area contributed by atoms with E-state index in [-0.39, 0.29) is 29.3 Å². The quantitative estimate of drug-likeness (QED) is 0.480. The van der Waals surface area contributed by atoms with E-state index in [1.807, 2.05) is 0 Å². The first-order valence-corrected chi connectivity index (χ1v) is 11.7. The second-order valence-corrected chi connectivity index (χ2v) is 9.53. The summed E-state index contributed by atoms with van der Waals surface area (Å²) in [5, 5.41) is 1.61. The minimum Gasteiger partial charge on any atom is -0.493 e. The summed E-state index contributed by atoms with van der Waals surface area (Å²) >= 11 is 0. The Morgan fingerprint density at radius 3 is 2.48 bits per heavy atom. The first-order valence-electron chi connectivity index (χ1n) is 10.1. The van der Waals surface area contributed by atoms with E-state index in [2.05, 4.69) is 10.3 Å². The van der Waals surface area contributed by atoms with Crippen LogP contribution in [0.15, 0.2) is 65.8 Å². The molecule has 3 rings (SSSR count). The van der Waals surface area contributed by atoms with Gasteiger partial charge in [-0.3, -0.25) is 9.78 Å². The predicted octanol–water partition coefficient (Wildman–Crippen LogP) is 3.42.